The molecule has 0 saturated carbocycles. The highest BCUT2D eigenvalue weighted by Crippen LogP contribution is 2.39. The van der Waals surface area contributed by atoms with Crippen LogP contribution in [0, 0.1) is 25.2 Å². The first kappa shape index (κ1) is 18.5. The minimum atomic E-state index is -0.680. The van der Waals surface area contributed by atoms with Gasteiger partial charge in [0, 0.05) is 50.1 Å². The molecule has 1 saturated heterocycles. The van der Waals surface area contributed by atoms with Crippen molar-refractivity contribution < 1.29 is 4.21 Å². The maximum atomic E-state index is 11.6. The number of hydrogen-bond acceptors (Lipinski definition) is 5. The molecule has 0 aromatic heterocycles. The Morgan fingerprint density at radius 3 is 2.52 bits per heavy atom. The second-order valence-corrected chi connectivity index (χ2v) is 9.93. The fraction of sp³-hybridized carbons (Fsp3) is 0.316. The van der Waals surface area contributed by atoms with Gasteiger partial charge in [-0.05, 0) is 61.2 Å². The van der Waals surface area contributed by atoms with Gasteiger partial charge in [-0.2, -0.15) is 5.26 Å². The van der Waals surface area contributed by atoms with E-state index in [2.05, 4.69) is 42.4 Å². The molecule has 1 fully saturated rings. The van der Waals surface area contributed by atoms with Crippen LogP contribution in [0.25, 0.3) is 0 Å². The summed E-state index contributed by atoms with van der Waals surface area (Å²) in [6.07, 6.45) is 0. The van der Waals surface area contributed by atoms with Crippen molar-refractivity contribution in [2.24, 2.45) is 0 Å². The number of nitriles is 1. The van der Waals surface area contributed by atoms with E-state index < -0.39 is 10.8 Å². The van der Waals surface area contributed by atoms with Crippen molar-refractivity contribution >= 4 is 34.5 Å². The summed E-state index contributed by atoms with van der Waals surface area (Å²) in [4.78, 5) is 3.49. The Bertz CT molecular complexity index is 835. The number of aryl methyl sites for hydroxylation is 2. The highest BCUT2D eigenvalue weighted by molar-refractivity contribution is 8.01. The zero-order chi connectivity index (χ0) is 17.8. The molecule has 0 bridgehead atoms. The lowest BCUT2D eigenvalue weighted by Gasteiger charge is -2.25. The first-order chi connectivity index (χ1) is 12.0. The van der Waals surface area contributed by atoms with E-state index in [4.69, 9.17) is 0 Å². The van der Waals surface area contributed by atoms with Crippen LogP contribution in [0.4, 0.5) is 0 Å². The van der Waals surface area contributed by atoms with Crippen LogP contribution in [0.1, 0.15) is 16.7 Å². The molecule has 0 amide bonds. The summed E-state index contributed by atoms with van der Waals surface area (Å²) in [5.41, 5.74) is 3.17. The fourth-order valence-electron chi connectivity index (χ4n) is 2.52. The Morgan fingerprint density at radius 2 is 1.80 bits per heavy atom. The average molecular weight is 389 g/mol. The third kappa shape index (κ3) is 4.89. The predicted octanol–water partition coefficient (Wildman–Crippen LogP) is 4.40. The normalized spacial score (nSPS) is 15.9. The largest absolute Gasteiger partial charge is 0.259 e. The van der Waals surface area contributed by atoms with Gasteiger partial charge in [-0.15, -0.1) is 0 Å². The van der Waals surface area contributed by atoms with Crippen LogP contribution in [0.2, 0.25) is 0 Å². The van der Waals surface area contributed by atoms with Crippen LogP contribution in [0.5, 0.6) is 0 Å². The number of hydrogen-bond donors (Lipinski definition) is 0. The van der Waals surface area contributed by atoms with Gasteiger partial charge in [-0.3, -0.25) is 4.21 Å². The second kappa shape index (κ2) is 8.41. The third-order valence-electron chi connectivity index (χ3n) is 4.00. The maximum absolute atomic E-state index is 11.6. The molecule has 0 spiro atoms. The van der Waals surface area contributed by atoms with E-state index in [-0.39, 0.29) is 0 Å². The first-order valence-electron chi connectivity index (χ1n) is 8.12. The Morgan fingerprint density at radius 1 is 1.04 bits per heavy atom. The summed E-state index contributed by atoms with van der Waals surface area (Å²) < 4.78 is 13.8. The first-order valence-corrected chi connectivity index (χ1v) is 11.2. The van der Waals surface area contributed by atoms with Crippen molar-refractivity contribution in [3.8, 4) is 6.07 Å². The van der Waals surface area contributed by atoms with Gasteiger partial charge in [0.15, 0.2) is 0 Å². The predicted molar refractivity (Wildman–Crippen MR) is 107 cm³/mol. The summed E-state index contributed by atoms with van der Waals surface area (Å²) in [6, 6.07) is 14.6. The van der Waals surface area contributed by atoms with E-state index >= 15 is 0 Å². The zero-order valence-corrected chi connectivity index (χ0v) is 16.8. The molecule has 0 unspecified atom stereocenters. The van der Waals surface area contributed by atoms with E-state index in [1.165, 1.54) is 16.0 Å². The van der Waals surface area contributed by atoms with Gasteiger partial charge in [-0.1, -0.05) is 23.9 Å². The molecule has 0 atom stereocenters. The Balaban J connectivity index is 1.86. The van der Waals surface area contributed by atoms with Crippen LogP contribution in [-0.4, -0.2) is 33.1 Å². The molecule has 25 heavy (non-hydrogen) atoms. The van der Waals surface area contributed by atoms with E-state index in [1.54, 1.807) is 23.7 Å². The summed E-state index contributed by atoms with van der Waals surface area (Å²) in [7, 11) is -0.680. The lowest BCUT2D eigenvalue weighted by molar-refractivity contribution is 0.509. The quantitative estimate of drug-likeness (QED) is 0.727. The summed E-state index contributed by atoms with van der Waals surface area (Å²) in [5, 5.41) is 9.24. The van der Waals surface area contributed by atoms with Crippen LogP contribution in [-0.2, 0) is 10.8 Å². The van der Waals surface area contributed by atoms with Crippen molar-refractivity contribution in [2.75, 3.05) is 24.6 Å². The molecule has 0 N–H and O–H groups in total. The molecule has 1 aliphatic heterocycles. The molecule has 1 heterocycles. The van der Waals surface area contributed by atoms with Crippen molar-refractivity contribution in [3.63, 3.8) is 0 Å². The Hall–Kier alpha value is -1.26. The minimum absolute atomic E-state index is 0.674. The van der Waals surface area contributed by atoms with Gasteiger partial charge in [0.1, 0.15) is 0 Å². The highest BCUT2D eigenvalue weighted by Gasteiger charge is 2.18. The molecule has 3 rings (SSSR count). The van der Waals surface area contributed by atoms with Crippen molar-refractivity contribution in [3.05, 3.63) is 53.1 Å². The molecule has 0 aliphatic carbocycles. The lowest BCUT2D eigenvalue weighted by Crippen LogP contribution is -2.32. The van der Waals surface area contributed by atoms with Crippen LogP contribution in [0.15, 0.2) is 51.1 Å². The number of nitrogens with zero attached hydrogens (tertiary/aromatic N) is 2. The zero-order valence-electron chi connectivity index (χ0n) is 14.3. The standard InChI is InChI=1S/C19H20N2OS3/c1-14-3-4-15(2)18(11-14)23-17-6-5-16(13-20)12-19(17)24-21-7-9-25(22)10-8-21/h3-6,11-12H,7-10H2,1-2H3. The van der Waals surface area contributed by atoms with Crippen molar-refractivity contribution in [1.82, 2.24) is 4.31 Å². The molecule has 2 aromatic rings. The van der Waals surface area contributed by atoms with E-state index in [0.717, 1.165) is 34.4 Å². The van der Waals surface area contributed by atoms with Crippen molar-refractivity contribution in [2.45, 2.75) is 28.5 Å². The van der Waals surface area contributed by atoms with E-state index in [0.29, 0.717) is 5.56 Å². The maximum Gasteiger partial charge on any atom is 0.0992 e. The molecule has 1 aliphatic rings. The van der Waals surface area contributed by atoms with Gasteiger partial charge in [0.25, 0.3) is 0 Å². The Kier molecular flexibility index (Phi) is 6.24. The van der Waals surface area contributed by atoms with Crippen LogP contribution in [0.3, 0.4) is 0 Å². The molecule has 130 valence electrons. The second-order valence-electron chi connectivity index (χ2n) is 6.01. The van der Waals surface area contributed by atoms with Gasteiger partial charge in [-0.25, -0.2) is 4.31 Å². The molecule has 6 heteroatoms. The van der Waals surface area contributed by atoms with Gasteiger partial charge < -0.3 is 0 Å². The van der Waals surface area contributed by atoms with Crippen LogP contribution < -0.4 is 0 Å². The SMILES string of the molecule is Cc1ccc(C)c(Sc2ccc(C#N)cc2SN2CCS(=O)CC2)c1. The van der Waals surface area contributed by atoms with Gasteiger partial charge >= 0.3 is 0 Å². The van der Waals surface area contributed by atoms with E-state index in [1.807, 2.05) is 18.2 Å². The summed E-state index contributed by atoms with van der Waals surface area (Å²) in [5.74, 6) is 1.45. The molecule has 2 aromatic carbocycles. The molecule has 3 nitrogen and oxygen atoms in total. The smallest absolute Gasteiger partial charge is 0.0992 e. The van der Waals surface area contributed by atoms with E-state index in [9.17, 15) is 9.47 Å². The van der Waals surface area contributed by atoms with Crippen molar-refractivity contribution in [1.29, 1.82) is 5.26 Å². The van der Waals surface area contributed by atoms with Gasteiger partial charge in [0.2, 0.25) is 0 Å². The number of rotatable bonds is 4. The highest BCUT2D eigenvalue weighted by atomic mass is 32.2. The summed E-state index contributed by atoms with van der Waals surface area (Å²) in [6.45, 7) is 5.87. The molecule has 0 radical (unpaired) electrons. The fourth-order valence-corrected chi connectivity index (χ4v) is 6.03. The average Bonchev–Trinajstić information content (AvgIpc) is 2.61. The Labute approximate surface area is 160 Å². The lowest BCUT2D eigenvalue weighted by atomic mass is 10.2. The third-order valence-corrected chi connectivity index (χ3v) is 7.80. The topological polar surface area (TPSA) is 44.1 Å². The van der Waals surface area contributed by atoms with Crippen LogP contribution >= 0.6 is 23.7 Å². The molecular formula is C19H20N2OS3. The molecular weight excluding hydrogens is 368 g/mol. The minimum Gasteiger partial charge on any atom is -0.259 e. The number of benzene rings is 2. The summed E-state index contributed by atoms with van der Waals surface area (Å²) >= 11 is 3.43. The monoisotopic (exact) mass is 388 g/mol. The van der Waals surface area contributed by atoms with Gasteiger partial charge in [0.05, 0.1) is 11.6 Å².